The monoisotopic (exact) mass is 277 g/mol. The van der Waals surface area contributed by atoms with Crippen molar-refractivity contribution in [3.63, 3.8) is 0 Å². The summed E-state index contributed by atoms with van der Waals surface area (Å²) in [4.78, 5) is 0. The molecule has 0 atom stereocenters. The van der Waals surface area contributed by atoms with E-state index in [-0.39, 0.29) is 6.54 Å². The molecule has 0 amide bonds. The van der Waals surface area contributed by atoms with Gasteiger partial charge in [0.2, 0.25) is 5.82 Å². The van der Waals surface area contributed by atoms with Gasteiger partial charge in [-0.05, 0) is 18.6 Å². The van der Waals surface area contributed by atoms with Gasteiger partial charge in [-0.2, -0.15) is 0 Å². The molecule has 2 nitrogen and oxygen atoms in total. The molecule has 0 unspecified atom stereocenters. The van der Waals surface area contributed by atoms with Crippen LogP contribution in [-0.4, -0.2) is 0 Å². The van der Waals surface area contributed by atoms with Crippen molar-refractivity contribution in [1.82, 2.24) is 0 Å². The van der Waals surface area contributed by atoms with Gasteiger partial charge in [0.05, 0.1) is 12.8 Å². The minimum Gasteiger partial charge on any atom is -0.467 e. The Hall–Kier alpha value is -2.05. The van der Waals surface area contributed by atoms with Crippen LogP contribution >= 0.6 is 0 Å². The summed E-state index contributed by atoms with van der Waals surface area (Å²) >= 11 is 0. The molecule has 19 heavy (non-hydrogen) atoms. The van der Waals surface area contributed by atoms with Gasteiger partial charge in [0.15, 0.2) is 23.3 Å². The van der Waals surface area contributed by atoms with Gasteiger partial charge in [0.25, 0.3) is 0 Å². The minimum atomic E-state index is -2.19. The van der Waals surface area contributed by atoms with Crippen LogP contribution in [0.2, 0.25) is 0 Å². The van der Waals surface area contributed by atoms with Crippen LogP contribution in [0.1, 0.15) is 11.3 Å². The van der Waals surface area contributed by atoms with Crippen LogP contribution in [-0.2, 0) is 6.54 Å². The maximum Gasteiger partial charge on any atom is 0.200 e. The van der Waals surface area contributed by atoms with E-state index in [2.05, 4.69) is 5.32 Å². The summed E-state index contributed by atoms with van der Waals surface area (Å²) in [6.45, 7) is 1.48. The average molecular weight is 277 g/mol. The van der Waals surface area contributed by atoms with Crippen LogP contribution in [0.15, 0.2) is 16.7 Å². The zero-order valence-corrected chi connectivity index (χ0v) is 9.66. The number of benzene rings is 1. The topological polar surface area (TPSA) is 25.2 Å². The van der Waals surface area contributed by atoms with Crippen molar-refractivity contribution in [2.75, 3.05) is 5.32 Å². The summed E-state index contributed by atoms with van der Waals surface area (Å²) < 4.78 is 70.3. The molecular weight excluding hydrogens is 269 g/mol. The Morgan fingerprint density at radius 2 is 1.47 bits per heavy atom. The lowest BCUT2D eigenvalue weighted by atomic mass is 10.2. The molecule has 0 saturated carbocycles. The van der Waals surface area contributed by atoms with Crippen LogP contribution < -0.4 is 5.32 Å². The lowest BCUT2D eigenvalue weighted by molar-refractivity contribution is 0.381. The number of hydrogen-bond donors (Lipinski definition) is 1. The first kappa shape index (κ1) is 13.4. The fourth-order valence-corrected chi connectivity index (χ4v) is 1.51. The van der Waals surface area contributed by atoms with Crippen molar-refractivity contribution in [2.45, 2.75) is 13.5 Å². The SMILES string of the molecule is Cc1ccoc1CNc1c(F)c(F)c(F)c(F)c1F. The van der Waals surface area contributed by atoms with Crippen LogP contribution in [0.4, 0.5) is 27.6 Å². The van der Waals surface area contributed by atoms with Crippen LogP contribution in [0, 0.1) is 36.0 Å². The molecule has 1 aromatic carbocycles. The Bertz CT molecular complexity index is 594. The first-order chi connectivity index (χ1) is 8.93. The third-order valence-electron chi connectivity index (χ3n) is 2.60. The van der Waals surface area contributed by atoms with Crippen molar-refractivity contribution >= 4 is 5.69 Å². The highest BCUT2D eigenvalue weighted by atomic mass is 19.2. The van der Waals surface area contributed by atoms with Gasteiger partial charge in [0.1, 0.15) is 11.4 Å². The number of anilines is 1. The molecule has 7 heteroatoms. The molecule has 0 aliphatic heterocycles. The molecule has 1 N–H and O–H groups in total. The molecular formula is C12H8F5NO. The fraction of sp³-hybridized carbons (Fsp3) is 0.167. The number of halogens is 5. The standard InChI is InChI=1S/C12H8F5NO/c1-5-2-3-19-6(5)4-18-12-10(16)8(14)7(13)9(15)11(12)17/h2-3,18H,4H2,1H3. The highest BCUT2D eigenvalue weighted by Gasteiger charge is 2.25. The van der Waals surface area contributed by atoms with Gasteiger partial charge >= 0.3 is 0 Å². The number of nitrogens with one attached hydrogen (secondary N) is 1. The van der Waals surface area contributed by atoms with Crippen molar-refractivity contribution in [3.8, 4) is 0 Å². The van der Waals surface area contributed by atoms with E-state index in [1.54, 1.807) is 13.0 Å². The lowest BCUT2D eigenvalue weighted by Crippen LogP contribution is -2.09. The molecule has 102 valence electrons. The molecule has 2 rings (SSSR count). The second-order valence-corrected chi connectivity index (χ2v) is 3.83. The number of hydrogen-bond acceptors (Lipinski definition) is 2. The van der Waals surface area contributed by atoms with E-state index in [9.17, 15) is 22.0 Å². The second kappa shape index (κ2) is 4.91. The molecule has 2 aromatic rings. The van der Waals surface area contributed by atoms with Crippen LogP contribution in [0.5, 0.6) is 0 Å². The van der Waals surface area contributed by atoms with Crippen LogP contribution in [0.25, 0.3) is 0 Å². The van der Waals surface area contributed by atoms with E-state index < -0.39 is 34.8 Å². The molecule has 0 radical (unpaired) electrons. The third kappa shape index (κ3) is 2.27. The molecule has 0 fully saturated rings. The van der Waals surface area contributed by atoms with Gasteiger partial charge in [-0.25, -0.2) is 22.0 Å². The molecule has 0 saturated heterocycles. The summed E-state index contributed by atoms with van der Waals surface area (Å²) in [5.41, 5.74) is -0.386. The number of rotatable bonds is 3. The van der Waals surface area contributed by atoms with E-state index in [0.29, 0.717) is 11.3 Å². The smallest absolute Gasteiger partial charge is 0.200 e. The Kier molecular flexibility index (Phi) is 3.46. The Morgan fingerprint density at radius 3 is 1.95 bits per heavy atom. The molecule has 1 aromatic heterocycles. The van der Waals surface area contributed by atoms with E-state index in [4.69, 9.17) is 4.42 Å². The van der Waals surface area contributed by atoms with E-state index in [0.717, 1.165) is 0 Å². The third-order valence-corrected chi connectivity index (χ3v) is 2.60. The van der Waals surface area contributed by atoms with Crippen LogP contribution in [0.3, 0.4) is 0 Å². The van der Waals surface area contributed by atoms with Crippen molar-refractivity contribution in [3.05, 3.63) is 52.7 Å². The zero-order valence-electron chi connectivity index (χ0n) is 9.66. The molecule has 0 aliphatic carbocycles. The lowest BCUT2D eigenvalue weighted by Gasteiger charge is -2.10. The van der Waals surface area contributed by atoms with E-state index in [1.165, 1.54) is 6.26 Å². The first-order valence-electron chi connectivity index (χ1n) is 5.21. The van der Waals surface area contributed by atoms with E-state index in [1.807, 2.05) is 0 Å². The Balaban J connectivity index is 2.33. The normalized spacial score (nSPS) is 10.8. The summed E-state index contributed by atoms with van der Waals surface area (Å²) in [6, 6.07) is 1.61. The summed E-state index contributed by atoms with van der Waals surface area (Å²) in [5, 5.41) is 2.14. The van der Waals surface area contributed by atoms with Gasteiger partial charge in [0, 0.05) is 0 Å². The molecule has 0 aliphatic rings. The van der Waals surface area contributed by atoms with Gasteiger partial charge in [-0.1, -0.05) is 0 Å². The van der Waals surface area contributed by atoms with E-state index >= 15 is 0 Å². The van der Waals surface area contributed by atoms with Gasteiger partial charge in [-0.3, -0.25) is 0 Å². The maximum absolute atomic E-state index is 13.3. The number of aryl methyl sites for hydroxylation is 1. The Morgan fingerprint density at radius 1 is 0.947 bits per heavy atom. The van der Waals surface area contributed by atoms with Crippen molar-refractivity contribution in [2.24, 2.45) is 0 Å². The van der Waals surface area contributed by atoms with Gasteiger partial charge in [-0.15, -0.1) is 0 Å². The predicted octanol–water partition coefficient (Wildman–Crippen LogP) is 3.90. The summed E-state index contributed by atoms with van der Waals surface area (Å²) in [7, 11) is 0. The number of furan rings is 1. The quantitative estimate of drug-likeness (QED) is 0.523. The molecule has 1 heterocycles. The van der Waals surface area contributed by atoms with Gasteiger partial charge < -0.3 is 9.73 Å². The predicted molar refractivity (Wildman–Crippen MR) is 57.0 cm³/mol. The average Bonchev–Trinajstić information content (AvgIpc) is 2.80. The Labute approximate surface area is 104 Å². The largest absolute Gasteiger partial charge is 0.467 e. The zero-order chi connectivity index (χ0) is 14.2. The minimum absolute atomic E-state index is 0.197. The maximum atomic E-state index is 13.3. The first-order valence-corrected chi connectivity index (χ1v) is 5.21. The summed E-state index contributed by atoms with van der Waals surface area (Å²) in [6.07, 6.45) is 1.35. The molecule has 0 bridgehead atoms. The molecule has 0 spiro atoms. The second-order valence-electron chi connectivity index (χ2n) is 3.83. The van der Waals surface area contributed by atoms with Crippen molar-refractivity contribution in [1.29, 1.82) is 0 Å². The summed E-state index contributed by atoms with van der Waals surface area (Å²) in [5.74, 6) is -9.63. The fourth-order valence-electron chi connectivity index (χ4n) is 1.51. The highest BCUT2D eigenvalue weighted by molar-refractivity contribution is 5.48. The van der Waals surface area contributed by atoms with Crippen molar-refractivity contribution < 1.29 is 26.4 Å². The highest BCUT2D eigenvalue weighted by Crippen LogP contribution is 2.27.